The van der Waals surface area contributed by atoms with E-state index in [1.807, 2.05) is 50.2 Å². The maximum atomic E-state index is 12.9. The van der Waals surface area contributed by atoms with E-state index in [-0.39, 0.29) is 18.3 Å². The van der Waals surface area contributed by atoms with Crippen LogP contribution < -0.4 is 0 Å². The summed E-state index contributed by atoms with van der Waals surface area (Å²) in [5.74, 6) is 0. The largest absolute Gasteiger partial charge is 0.359 e. The zero-order valence-electron chi connectivity index (χ0n) is 13.5. The molecular formula is C17H17N5O2. The summed E-state index contributed by atoms with van der Waals surface area (Å²) in [5.41, 5.74) is 2.60. The highest BCUT2D eigenvalue weighted by atomic mass is 16.5. The number of pyridine rings is 1. The lowest BCUT2D eigenvalue weighted by atomic mass is 10.1. The van der Waals surface area contributed by atoms with E-state index in [2.05, 4.69) is 15.3 Å². The van der Waals surface area contributed by atoms with Crippen molar-refractivity contribution in [2.45, 2.75) is 19.4 Å². The third kappa shape index (κ3) is 2.33. The molecule has 0 radical (unpaired) electrons. The zero-order valence-corrected chi connectivity index (χ0v) is 13.5. The number of carbonyl (C=O) groups excluding carboxylic acids is 1. The molecule has 1 aliphatic heterocycles. The van der Waals surface area contributed by atoms with Crippen molar-refractivity contribution < 1.29 is 9.53 Å². The summed E-state index contributed by atoms with van der Waals surface area (Å²) in [4.78, 5) is 18.8. The molecule has 24 heavy (non-hydrogen) atoms. The average molecular weight is 323 g/mol. The zero-order chi connectivity index (χ0) is 16.7. The van der Waals surface area contributed by atoms with Gasteiger partial charge in [0, 0.05) is 11.8 Å². The van der Waals surface area contributed by atoms with Crippen molar-refractivity contribution in [3.63, 3.8) is 0 Å². The molecule has 4 rings (SSSR count). The van der Waals surface area contributed by atoms with Gasteiger partial charge < -0.3 is 4.74 Å². The summed E-state index contributed by atoms with van der Waals surface area (Å²) >= 11 is 0. The van der Waals surface area contributed by atoms with Crippen LogP contribution in [0.1, 0.15) is 13.8 Å². The standard InChI is InChI=1S/C17H17N5O2/c1-17(2)10-24-11-21(17)16(23)22-14-8-13(9-18-15(14)19-20-22)12-6-4-3-5-7-12/h3-9H,10-11H2,1-2H3. The van der Waals surface area contributed by atoms with E-state index in [0.717, 1.165) is 11.1 Å². The predicted octanol–water partition coefficient (Wildman–Crippen LogP) is 2.53. The second kappa shape index (κ2) is 5.38. The predicted molar refractivity (Wildman–Crippen MR) is 88.3 cm³/mol. The van der Waals surface area contributed by atoms with Gasteiger partial charge in [0.05, 0.1) is 12.1 Å². The lowest BCUT2D eigenvalue weighted by molar-refractivity contribution is 0.138. The maximum Gasteiger partial charge on any atom is 0.349 e. The Morgan fingerprint density at radius 1 is 1.21 bits per heavy atom. The van der Waals surface area contributed by atoms with Crippen molar-refractivity contribution >= 4 is 17.2 Å². The quantitative estimate of drug-likeness (QED) is 0.688. The van der Waals surface area contributed by atoms with Crippen molar-refractivity contribution in [3.05, 3.63) is 42.6 Å². The van der Waals surface area contributed by atoms with Crippen LogP contribution >= 0.6 is 0 Å². The van der Waals surface area contributed by atoms with Gasteiger partial charge in [0.2, 0.25) is 5.65 Å². The first-order valence-electron chi connectivity index (χ1n) is 7.73. The molecule has 1 aromatic carbocycles. The summed E-state index contributed by atoms with van der Waals surface area (Å²) < 4.78 is 6.72. The van der Waals surface area contributed by atoms with E-state index < -0.39 is 0 Å². The number of benzene rings is 1. The monoisotopic (exact) mass is 323 g/mol. The van der Waals surface area contributed by atoms with Crippen LogP contribution in [0.3, 0.4) is 0 Å². The van der Waals surface area contributed by atoms with Gasteiger partial charge in [-0.05, 0) is 25.5 Å². The number of aromatic nitrogens is 4. The van der Waals surface area contributed by atoms with Crippen LogP contribution in [0.5, 0.6) is 0 Å². The fourth-order valence-corrected chi connectivity index (χ4v) is 2.81. The number of carbonyl (C=O) groups is 1. The summed E-state index contributed by atoms with van der Waals surface area (Å²) in [6.45, 7) is 4.67. The van der Waals surface area contributed by atoms with Gasteiger partial charge in [-0.25, -0.2) is 9.78 Å². The summed E-state index contributed by atoms with van der Waals surface area (Å²) in [5, 5.41) is 8.00. The molecule has 0 saturated carbocycles. The number of rotatable bonds is 1. The molecule has 122 valence electrons. The van der Waals surface area contributed by atoms with E-state index >= 15 is 0 Å². The Morgan fingerprint density at radius 2 is 2.00 bits per heavy atom. The number of nitrogens with zero attached hydrogens (tertiary/aromatic N) is 5. The molecule has 2 aromatic heterocycles. The van der Waals surface area contributed by atoms with E-state index in [9.17, 15) is 4.79 Å². The molecule has 0 aliphatic carbocycles. The van der Waals surface area contributed by atoms with E-state index in [1.165, 1.54) is 4.68 Å². The van der Waals surface area contributed by atoms with Gasteiger partial charge in [0.25, 0.3) is 0 Å². The molecular weight excluding hydrogens is 306 g/mol. The minimum Gasteiger partial charge on any atom is -0.359 e. The van der Waals surface area contributed by atoms with Crippen molar-refractivity contribution in [1.82, 2.24) is 24.9 Å². The minimum atomic E-state index is -0.375. The van der Waals surface area contributed by atoms with Crippen LogP contribution in [0.2, 0.25) is 0 Å². The van der Waals surface area contributed by atoms with Gasteiger partial charge in [-0.2, -0.15) is 4.68 Å². The van der Waals surface area contributed by atoms with Crippen LogP contribution in [0.4, 0.5) is 4.79 Å². The van der Waals surface area contributed by atoms with Crippen LogP contribution in [-0.4, -0.2) is 49.8 Å². The van der Waals surface area contributed by atoms with Crippen LogP contribution in [0, 0.1) is 0 Å². The molecule has 1 fully saturated rings. The second-order valence-electron chi connectivity index (χ2n) is 6.43. The second-order valence-corrected chi connectivity index (χ2v) is 6.43. The maximum absolute atomic E-state index is 12.9. The van der Waals surface area contributed by atoms with E-state index in [4.69, 9.17) is 4.74 Å². The summed E-state index contributed by atoms with van der Waals surface area (Å²) in [7, 11) is 0. The minimum absolute atomic E-state index is 0.249. The number of hydrogen-bond acceptors (Lipinski definition) is 5. The molecule has 0 unspecified atom stereocenters. The molecule has 1 aliphatic rings. The fraction of sp³-hybridized carbons (Fsp3) is 0.294. The highest BCUT2D eigenvalue weighted by molar-refractivity contribution is 5.88. The molecule has 7 nitrogen and oxygen atoms in total. The van der Waals surface area contributed by atoms with Gasteiger partial charge in [-0.3, -0.25) is 4.90 Å². The molecule has 0 spiro atoms. The van der Waals surface area contributed by atoms with E-state index in [1.54, 1.807) is 11.1 Å². The summed E-state index contributed by atoms with van der Waals surface area (Å²) in [6, 6.07) is 11.5. The number of fused-ring (bicyclic) bond motifs is 1. The molecule has 1 amide bonds. The first-order valence-corrected chi connectivity index (χ1v) is 7.73. The van der Waals surface area contributed by atoms with Crippen molar-refractivity contribution in [2.75, 3.05) is 13.3 Å². The van der Waals surface area contributed by atoms with Crippen LogP contribution in [-0.2, 0) is 4.74 Å². The Labute approximate surface area is 138 Å². The molecule has 3 aromatic rings. The highest BCUT2D eigenvalue weighted by Crippen LogP contribution is 2.25. The molecule has 0 atom stereocenters. The molecule has 0 bridgehead atoms. The third-order valence-corrected chi connectivity index (χ3v) is 4.23. The number of ether oxygens (including phenoxy) is 1. The van der Waals surface area contributed by atoms with E-state index in [0.29, 0.717) is 17.8 Å². The molecule has 0 N–H and O–H groups in total. The van der Waals surface area contributed by atoms with Crippen LogP contribution in [0.15, 0.2) is 42.6 Å². The van der Waals surface area contributed by atoms with Crippen molar-refractivity contribution in [3.8, 4) is 11.1 Å². The van der Waals surface area contributed by atoms with Gasteiger partial charge in [0.1, 0.15) is 12.2 Å². The third-order valence-electron chi connectivity index (χ3n) is 4.23. The smallest absolute Gasteiger partial charge is 0.349 e. The molecule has 7 heteroatoms. The van der Waals surface area contributed by atoms with Crippen molar-refractivity contribution in [1.29, 1.82) is 0 Å². The number of hydrogen-bond donors (Lipinski definition) is 0. The van der Waals surface area contributed by atoms with Gasteiger partial charge in [-0.1, -0.05) is 35.5 Å². The van der Waals surface area contributed by atoms with Gasteiger partial charge in [0.15, 0.2) is 0 Å². The number of amides is 1. The lowest BCUT2D eigenvalue weighted by Gasteiger charge is -2.28. The Morgan fingerprint density at radius 3 is 2.71 bits per heavy atom. The Kier molecular flexibility index (Phi) is 3.31. The SMILES string of the molecule is CC1(C)COCN1C(=O)n1nnc2ncc(-c3ccccc3)cc21. The normalized spacial score (nSPS) is 16.7. The van der Waals surface area contributed by atoms with Crippen molar-refractivity contribution in [2.24, 2.45) is 0 Å². The van der Waals surface area contributed by atoms with Gasteiger partial charge in [-0.15, -0.1) is 5.10 Å². The Hall–Kier alpha value is -2.80. The Bertz CT molecular complexity index is 904. The first kappa shape index (κ1) is 14.8. The molecule has 3 heterocycles. The first-order chi connectivity index (χ1) is 11.6. The van der Waals surface area contributed by atoms with Crippen LogP contribution in [0.25, 0.3) is 22.3 Å². The fourth-order valence-electron chi connectivity index (χ4n) is 2.81. The molecule has 1 saturated heterocycles. The van der Waals surface area contributed by atoms with Gasteiger partial charge >= 0.3 is 6.03 Å². The average Bonchev–Trinajstić information content (AvgIpc) is 3.17. The topological polar surface area (TPSA) is 73.1 Å². The lowest BCUT2D eigenvalue weighted by Crippen LogP contribution is -2.46. The Balaban J connectivity index is 1.78. The summed E-state index contributed by atoms with van der Waals surface area (Å²) in [6.07, 6.45) is 1.74. The highest BCUT2D eigenvalue weighted by Gasteiger charge is 2.38.